The molecule has 1 aromatic rings. The van der Waals surface area contributed by atoms with Crippen LogP contribution in [0.3, 0.4) is 0 Å². The number of hydrogen-bond donors (Lipinski definition) is 2. The molecule has 1 rings (SSSR count). The zero-order valence-electron chi connectivity index (χ0n) is 8.38. The topological polar surface area (TPSA) is 37.2 Å². The van der Waals surface area contributed by atoms with Crippen LogP contribution >= 0.6 is 0 Å². The van der Waals surface area contributed by atoms with Gasteiger partial charge in [-0.25, -0.2) is 0 Å². The van der Waals surface area contributed by atoms with E-state index in [9.17, 15) is 0 Å². The number of unbranched alkanes of at least 4 members (excludes halogenated alkanes) is 1. The highest BCUT2D eigenvalue weighted by Gasteiger charge is 1.98. The highest BCUT2D eigenvalue weighted by atomic mass is 16.2. The van der Waals surface area contributed by atoms with E-state index in [0.29, 0.717) is 0 Å². The van der Waals surface area contributed by atoms with Gasteiger partial charge in [0, 0.05) is 24.5 Å². The Bertz CT molecular complexity index is 236. The van der Waals surface area contributed by atoms with E-state index < -0.39 is 0 Å². The highest BCUT2D eigenvalue weighted by Crippen LogP contribution is 2.03. The van der Waals surface area contributed by atoms with Crippen LogP contribution in [0, 0.1) is 13.8 Å². The third-order valence-corrected chi connectivity index (χ3v) is 2.13. The molecule has 0 aromatic carbocycles. The van der Waals surface area contributed by atoms with Crippen LogP contribution in [-0.4, -0.2) is 22.9 Å². The molecule has 0 unspecified atom stereocenters. The average Bonchev–Trinajstić information content (AvgIpc) is 2.42. The van der Waals surface area contributed by atoms with Crippen LogP contribution in [0.4, 0.5) is 0 Å². The van der Waals surface area contributed by atoms with Crippen LogP contribution in [0.2, 0.25) is 0 Å². The Hall–Kier alpha value is -0.960. The summed E-state index contributed by atoms with van der Waals surface area (Å²) >= 11 is 0. The van der Waals surface area contributed by atoms with Gasteiger partial charge in [0.1, 0.15) is 0 Å². The molecule has 3 nitrogen and oxygen atoms in total. The van der Waals surface area contributed by atoms with Crippen molar-refractivity contribution < 1.29 is 5.11 Å². The zero-order valence-corrected chi connectivity index (χ0v) is 8.38. The minimum Gasteiger partial charge on any atom is -0.396 e. The highest BCUT2D eigenvalue weighted by molar-refractivity contribution is 5.15. The first-order valence-electron chi connectivity index (χ1n) is 4.75. The molecule has 0 spiro atoms. The van der Waals surface area contributed by atoms with E-state index in [4.69, 9.17) is 5.11 Å². The fourth-order valence-electron chi connectivity index (χ4n) is 1.35. The number of aliphatic hydroxyl groups excluding tert-OH is 1. The minimum absolute atomic E-state index is 0.283. The Balaban J connectivity index is 2.36. The van der Waals surface area contributed by atoms with Crippen molar-refractivity contribution in [3.63, 3.8) is 0 Å². The largest absolute Gasteiger partial charge is 0.396 e. The average molecular weight is 182 g/mol. The summed E-state index contributed by atoms with van der Waals surface area (Å²) in [6.07, 6.45) is 1.87. The van der Waals surface area contributed by atoms with E-state index in [1.54, 1.807) is 0 Å². The Labute approximate surface area is 79.4 Å². The summed E-state index contributed by atoms with van der Waals surface area (Å²) in [5.74, 6) is 0. The molecule has 0 saturated heterocycles. The second-order valence-electron chi connectivity index (χ2n) is 3.29. The molecule has 0 fully saturated rings. The number of aliphatic hydroxyl groups is 1. The lowest BCUT2D eigenvalue weighted by Crippen LogP contribution is -2.18. The summed E-state index contributed by atoms with van der Waals surface area (Å²) in [6.45, 7) is 5.35. The summed E-state index contributed by atoms with van der Waals surface area (Å²) in [5.41, 5.74) is 5.75. The molecule has 0 amide bonds. The van der Waals surface area contributed by atoms with Gasteiger partial charge in [-0.2, -0.15) is 0 Å². The Morgan fingerprint density at radius 2 is 1.85 bits per heavy atom. The number of rotatable bonds is 5. The van der Waals surface area contributed by atoms with Gasteiger partial charge in [-0.3, -0.25) is 4.68 Å². The SMILES string of the molecule is Cc1ccc(C)n1NCCCCO. The molecule has 0 aliphatic carbocycles. The Morgan fingerprint density at radius 1 is 1.23 bits per heavy atom. The van der Waals surface area contributed by atoms with Gasteiger partial charge in [0.25, 0.3) is 0 Å². The normalized spacial score (nSPS) is 10.4. The van der Waals surface area contributed by atoms with E-state index in [1.165, 1.54) is 11.4 Å². The maximum Gasteiger partial charge on any atom is 0.0431 e. The Morgan fingerprint density at radius 3 is 2.38 bits per heavy atom. The Kier molecular flexibility index (Phi) is 3.83. The summed E-state index contributed by atoms with van der Waals surface area (Å²) in [7, 11) is 0. The van der Waals surface area contributed by atoms with Crippen molar-refractivity contribution in [1.82, 2.24) is 4.68 Å². The lowest BCUT2D eigenvalue weighted by molar-refractivity contribution is 0.285. The first-order valence-corrected chi connectivity index (χ1v) is 4.75. The number of aromatic nitrogens is 1. The van der Waals surface area contributed by atoms with Gasteiger partial charge < -0.3 is 10.5 Å². The van der Waals surface area contributed by atoms with Crippen molar-refractivity contribution in [3.05, 3.63) is 23.5 Å². The van der Waals surface area contributed by atoms with Crippen molar-refractivity contribution in [3.8, 4) is 0 Å². The number of nitrogens with one attached hydrogen (secondary N) is 1. The number of nitrogens with zero attached hydrogens (tertiary/aromatic N) is 1. The van der Waals surface area contributed by atoms with E-state index >= 15 is 0 Å². The lowest BCUT2D eigenvalue weighted by Gasteiger charge is -2.11. The van der Waals surface area contributed by atoms with Gasteiger partial charge in [0.05, 0.1) is 0 Å². The standard InChI is InChI=1S/C10H18N2O/c1-9-5-6-10(2)12(9)11-7-3-4-8-13/h5-6,11,13H,3-4,7-8H2,1-2H3. The molecule has 1 aromatic heterocycles. The van der Waals surface area contributed by atoms with Crippen molar-refractivity contribution in [2.75, 3.05) is 18.6 Å². The second-order valence-corrected chi connectivity index (χ2v) is 3.29. The van der Waals surface area contributed by atoms with Crippen LogP contribution in [-0.2, 0) is 0 Å². The smallest absolute Gasteiger partial charge is 0.0431 e. The van der Waals surface area contributed by atoms with Crippen LogP contribution in [0.25, 0.3) is 0 Å². The van der Waals surface area contributed by atoms with E-state index in [0.717, 1.165) is 19.4 Å². The van der Waals surface area contributed by atoms with Gasteiger partial charge >= 0.3 is 0 Å². The predicted molar refractivity (Wildman–Crippen MR) is 54.5 cm³/mol. The van der Waals surface area contributed by atoms with E-state index in [-0.39, 0.29) is 6.61 Å². The van der Waals surface area contributed by atoms with E-state index in [2.05, 4.69) is 36.1 Å². The molecular weight excluding hydrogens is 164 g/mol. The van der Waals surface area contributed by atoms with Crippen LogP contribution in [0.5, 0.6) is 0 Å². The molecule has 13 heavy (non-hydrogen) atoms. The fourth-order valence-corrected chi connectivity index (χ4v) is 1.35. The number of hydrogen-bond acceptors (Lipinski definition) is 2. The quantitative estimate of drug-likeness (QED) is 0.676. The molecule has 0 radical (unpaired) electrons. The van der Waals surface area contributed by atoms with Gasteiger partial charge in [0.2, 0.25) is 0 Å². The molecular formula is C10H18N2O. The fraction of sp³-hybridized carbons (Fsp3) is 0.600. The summed E-state index contributed by atoms with van der Waals surface area (Å²) in [5, 5.41) is 8.60. The molecule has 0 saturated carbocycles. The molecule has 74 valence electrons. The maximum absolute atomic E-state index is 8.60. The van der Waals surface area contributed by atoms with Crippen molar-refractivity contribution in [2.24, 2.45) is 0 Å². The minimum atomic E-state index is 0.283. The van der Waals surface area contributed by atoms with Crippen LogP contribution in [0.1, 0.15) is 24.2 Å². The first kappa shape index (κ1) is 10.1. The second kappa shape index (κ2) is 4.92. The van der Waals surface area contributed by atoms with Gasteiger partial charge in [-0.1, -0.05) is 0 Å². The van der Waals surface area contributed by atoms with Crippen LogP contribution in [0.15, 0.2) is 12.1 Å². The lowest BCUT2D eigenvalue weighted by atomic mass is 10.3. The van der Waals surface area contributed by atoms with Gasteiger partial charge in [-0.15, -0.1) is 0 Å². The van der Waals surface area contributed by atoms with Crippen molar-refractivity contribution in [1.29, 1.82) is 0 Å². The van der Waals surface area contributed by atoms with Crippen LogP contribution < -0.4 is 5.43 Å². The maximum atomic E-state index is 8.60. The van der Waals surface area contributed by atoms with Crippen molar-refractivity contribution >= 4 is 0 Å². The van der Waals surface area contributed by atoms with Gasteiger partial charge in [0.15, 0.2) is 0 Å². The van der Waals surface area contributed by atoms with Crippen molar-refractivity contribution in [2.45, 2.75) is 26.7 Å². The third kappa shape index (κ3) is 2.77. The predicted octanol–water partition coefficient (Wildman–Crippen LogP) is 1.42. The first-order chi connectivity index (χ1) is 6.25. The summed E-state index contributed by atoms with van der Waals surface area (Å²) in [6, 6.07) is 4.18. The molecule has 0 aliphatic heterocycles. The molecule has 0 aliphatic rings. The summed E-state index contributed by atoms with van der Waals surface area (Å²) in [4.78, 5) is 0. The molecule has 2 N–H and O–H groups in total. The monoisotopic (exact) mass is 182 g/mol. The van der Waals surface area contributed by atoms with E-state index in [1.807, 2.05) is 0 Å². The third-order valence-electron chi connectivity index (χ3n) is 2.13. The summed E-state index contributed by atoms with van der Waals surface area (Å²) < 4.78 is 2.08. The molecule has 0 atom stereocenters. The van der Waals surface area contributed by atoms with Gasteiger partial charge in [-0.05, 0) is 38.8 Å². The zero-order chi connectivity index (χ0) is 9.68. The number of aryl methyl sites for hydroxylation is 2. The molecule has 0 bridgehead atoms. The molecule has 3 heteroatoms. The molecule has 1 heterocycles.